The molecule has 1 atom stereocenters. The molecule has 2 aliphatic heterocycles. The number of hydrogen-bond donors (Lipinski definition) is 0. The van der Waals surface area contributed by atoms with Crippen LogP contribution < -0.4 is 4.74 Å². The van der Waals surface area contributed by atoms with Gasteiger partial charge >= 0.3 is 0 Å². The van der Waals surface area contributed by atoms with Gasteiger partial charge < -0.3 is 14.5 Å². The van der Waals surface area contributed by atoms with Crippen LogP contribution in [0.4, 0.5) is 0 Å². The van der Waals surface area contributed by atoms with Gasteiger partial charge in [-0.1, -0.05) is 6.42 Å². The van der Waals surface area contributed by atoms with E-state index < -0.39 is 0 Å². The number of amides is 1. The first kappa shape index (κ1) is 17.3. The second kappa shape index (κ2) is 8.52. The Hall–Kier alpha value is -1.55. The summed E-state index contributed by atoms with van der Waals surface area (Å²) in [5.74, 6) is 0.979. The minimum atomic E-state index is 0.181. The average molecular weight is 330 g/mol. The van der Waals surface area contributed by atoms with Crippen LogP contribution in [0.1, 0.15) is 55.3 Å². The highest BCUT2D eigenvalue weighted by Crippen LogP contribution is 2.24. The van der Waals surface area contributed by atoms with E-state index >= 15 is 0 Å². The number of methoxy groups -OCH3 is 1. The Kier molecular flexibility index (Phi) is 6.13. The molecule has 0 N–H and O–H groups in total. The Bertz CT molecular complexity index is 523. The summed E-state index contributed by atoms with van der Waals surface area (Å²) < 4.78 is 5.19. The lowest BCUT2D eigenvalue weighted by atomic mass is 9.97. The van der Waals surface area contributed by atoms with Gasteiger partial charge in [0.25, 0.3) is 5.91 Å². The number of piperidine rings is 2. The fourth-order valence-corrected chi connectivity index (χ4v) is 3.98. The van der Waals surface area contributed by atoms with E-state index in [0.29, 0.717) is 6.04 Å². The molecule has 0 spiro atoms. The monoisotopic (exact) mass is 330 g/mol. The molecule has 0 bridgehead atoms. The zero-order valence-electron chi connectivity index (χ0n) is 14.9. The third-order valence-electron chi connectivity index (χ3n) is 5.45. The maximum absolute atomic E-state index is 12.9. The Morgan fingerprint density at radius 1 is 1.04 bits per heavy atom. The number of carbonyl (C=O) groups is 1. The third-order valence-corrected chi connectivity index (χ3v) is 5.45. The minimum absolute atomic E-state index is 0.181. The number of carbonyl (C=O) groups excluding carboxylic acids is 1. The van der Waals surface area contributed by atoms with E-state index in [4.69, 9.17) is 4.74 Å². The molecule has 1 amide bonds. The van der Waals surface area contributed by atoms with E-state index in [0.717, 1.165) is 43.7 Å². The van der Waals surface area contributed by atoms with Crippen LogP contribution >= 0.6 is 0 Å². The van der Waals surface area contributed by atoms with Crippen LogP contribution in [0.25, 0.3) is 0 Å². The highest BCUT2D eigenvalue weighted by atomic mass is 16.5. The van der Waals surface area contributed by atoms with Crippen molar-refractivity contribution in [3.63, 3.8) is 0 Å². The SMILES string of the molecule is COc1ccc(C(=O)N2CCCC[C@@H]2CCN2CCCCC2)cc1. The fraction of sp³-hybridized carbons (Fsp3) is 0.650. The van der Waals surface area contributed by atoms with E-state index in [1.807, 2.05) is 24.3 Å². The Morgan fingerprint density at radius 3 is 2.46 bits per heavy atom. The van der Waals surface area contributed by atoms with E-state index in [2.05, 4.69) is 9.80 Å². The van der Waals surface area contributed by atoms with Gasteiger partial charge in [-0.3, -0.25) is 4.79 Å². The van der Waals surface area contributed by atoms with Crippen molar-refractivity contribution in [1.29, 1.82) is 0 Å². The Balaban J connectivity index is 1.60. The molecule has 0 saturated carbocycles. The Labute approximate surface area is 145 Å². The van der Waals surface area contributed by atoms with Crippen molar-refractivity contribution in [2.75, 3.05) is 33.3 Å². The quantitative estimate of drug-likeness (QED) is 0.827. The lowest BCUT2D eigenvalue weighted by Crippen LogP contribution is -2.45. The van der Waals surface area contributed by atoms with Crippen molar-refractivity contribution in [2.45, 2.75) is 51.0 Å². The third kappa shape index (κ3) is 4.29. The van der Waals surface area contributed by atoms with Crippen molar-refractivity contribution < 1.29 is 9.53 Å². The minimum Gasteiger partial charge on any atom is -0.497 e. The predicted octanol–water partition coefficient (Wildman–Crippen LogP) is 3.57. The normalized spacial score (nSPS) is 22.4. The molecule has 2 aliphatic rings. The molecule has 1 aromatic carbocycles. The van der Waals surface area contributed by atoms with Crippen LogP contribution in [0.15, 0.2) is 24.3 Å². The lowest BCUT2D eigenvalue weighted by molar-refractivity contribution is 0.0579. The molecule has 2 saturated heterocycles. The molecule has 4 heteroatoms. The van der Waals surface area contributed by atoms with Crippen molar-refractivity contribution in [3.05, 3.63) is 29.8 Å². The maximum atomic E-state index is 12.9. The van der Waals surface area contributed by atoms with Crippen LogP contribution in [0.3, 0.4) is 0 Å². The lowest BCUT2D eigenvalue weighted by Gasteiger charge is -2.37. The second-order valence-electron chi connectivity index (χ2n) is 7.07. The number of ether oxygens (including phenoxy) is 1. The predicted molar refractivity (Wildman–Crippen MR) is 96.6 cm³/mol. The van der Waals surface area contributed by atoms with Crippen LogP contribution in [0.5, 0.6) is 5.75 Å². The first-order valence-corrected chi connectivity index (χ1v) is 9.45. The second-order valence-corrected chi connectivity index (χ2v) is 7.07. The summed E-state index contributed by atoms with van der Waals surface area (Å²) in [5.41, 5.74) is 0.778. The van der Waals surface area contributed by atoms with Gasteiger partial charge in [0.2, 0.25) is 0 Å². The Morgan fingerprint density at radius 2 is 1.75 bits per heavy atom. The average Bonchev–Trinajstić information content (AvgIpc) is 2.67. The molecule has 132 valence electrons. The molecule has 0 aromatic heterocycles. The van der Waals surface area contributed by atoms with E-state index in [1.54, 1.807) is 7.11 Å². The molecule has 4 nitrogen and oxygen atoms in total. The van der Waals surface area contributed by atoms with Gasteiger partial charge in [0.1, 0.15) is 5.75 Å². The molecule has 2 fully saturated rings. The summed E-state index contributed by atoms with van der Waals surface area (Å²) in [5, 5.41) is 0. The zero-order chi connectivity index (χ0) is 16.8. The van der Waals surface area contributed by atoms with Crippen LogP contribution in [0, 0.1) is 0 Å². The fourth-order valence-electron chi connectivity index (χ4n) is 3.98. The topological polar surface area (TPSA) is 32.8 Å². The molecule has 2 heterocycles. The number of hydrogen-bond acceptors (Lipinski definition) is 3. The molecule has 3 rings (SSSR count). The van der Waals surface area contributed by atoms with Crippen molar-refractivity contribution in [2.24, 2.45) is 0 Å². The summed E-state index contributed by atoms with van der Waals surface area (Å²) in [7, 11) is 1.65. The van der Waals surface area contributed by atoms with E-state index in [9.17, 15) is 4.79 Å². The van der Waals surface area contributed by atoms with Gasteiger partial charge in [0.15, 0.2) is 0 Å². The summed E-state index contributed by atoms with van der Waals surface area (Å²) in [4.78, 5) is 17.6. The molecular formula is C20H30N2O2. The first-order chi connectivity index (χ1) is 11.8. The van der Waals surface area contributed by atoms with Crippen LogP contribution in [-0.2, 0) is 0 Å². The largest absolute Gasteiger partial charge is 0.497 e. The molecule has 0 aliphatic carbocycles. The van der Waals surface area contributed by atoms with Crippen LogP contribution in [-0.4, -0.2) is 55.0 Å². The van der Waals surface area contributed by atoms with Crippen molar-refractivity contribution in [1.82, 2.24) is 9.80 Å². The summed E-state index contributed by atoms with van der Waals surface area (Å²) in [6.07, 6.45) is 8.68. The van der Waals surface area contributed by atoms with Crippen molar-refractivity contribution >= 4 is 5.91 Å². The van der Waals surface area contributed by atoms with Gasteiger partial charge in [-0.2, -0.15) is 0 Å². The molecule has 0 radical (unpaired) electrons. The molecule has 0 unspecified atom stereocenters. The summed E-state index contributed by atoms with van der Waals surface area (Å²) in [6.45, 7) is 4.50. The smallest absolute Gasteiger partial charge is 0.254 e. The van der Waals surface area contributed by atoms with Gasteiger partial charge in [-0.05, 0) is 75.9 Å². The zero-order valence-corrected chi connectivity index (χ0v) is 14.9. The number of likely N-dealkylation sites (tertiary alicyclic amines) is 2. The molecule has 1 aromatic rings. The number of rotatable bonds is 5. The van der Waals surface area contributed by atoms with E-state index in [1.165, 1.54) is 38.8 Å². The first-order valence-electron chi connectivity index (χ1n) is 9.45. The molecular weight excluding hydrogens is 300 g/mol. The highest BCUT2D eigenvalue weighted by Gasteiger charge is 2.27. The maximum Gasteiger partial charge on any atom is 0.254 e. The van der Waals surface area contributed by atoms with Gasteiger partial charge in [-0.15, -0.1) is 0 Å². The number of benzene rings is 1. The summed E-state index contributed by atoms with van der Waals surface area (Å²) in [6, 6.07) is 7.92. The van der Waals surface area contributed by atoms with Crippen LogP contribution in [0.2, 0.25) is 0 Å². The molecule has 24 heavy (non-hydrogen) atoms. The van der Waals surface area contributed by atoms with Gasteiger partial charge in [0, 0.05) is 24.7 Å². The van der Waals surface area contributed by atoms with Crippen molar-refractivity contribution in [3.8, 4) is 5.75 Å². The standard InChI is InChI=1S/C20H30N2O2/c1-24-19-10-8-17(9-11-19)20(23)22-15-6-3-7-18(22)12-16-21-13-4-2-5-14-21/h8-11,18H,2-7,12-16H2,1H3/t18-/m1/s1. The summed E-state index contributed by atoms with van der Waals surface area (Å²) >= 11 is 0. The van der Waals surface area contributed by atoms with Gasteiger partial charge in [-0.25, -0.2) is 0 Å². The number of nitrogens with zero attached hydrogens (tertiary/aromatic N) is 2. The van der Waals surface area contributed by atoms with E-state index in [-0.39, 0.29) is 5.91 Å². The van der Waals surface area contributed by atoms with Gasteiger partial charge in [0.05, 0.1) is 7.11 Å². The highest BCUT2D eigenvalue weighted by molar-refractivity contribution is 5.94.